The molecule has 0 atom stereocenters. The Balaban J connectivity index is 1.83. The van der Waals surface area contributed by atoms with Crippen LogP contribution in [0, 0.1) is 5.92 Å². The Hall–Kier alpha value is -0.580. The summed E-state index contributed by atoms with van der Waals surface area (Å²) in [6.45, 7) is 2.56. The van der Waals surface area contributed by atoms with Crippen molar-refractivity contribution >= 4 is 33.5 Å². The number of hydrogen-bond donors (Lipinski definition) is 1. The maximum Gasteiger partial charge on any atom is 0.303 e. The Morgan fingerprint density at radius 3 is 2.82 bits per heavy atom. The van der Waals surface area contributed by atoms with E-state index < -0.39 is 5.97 Å². The van der Waals surface area contributed by atoms with Crippen LogP contribution in [0.4, 0.5) is 0 Å². The van der Waals surface area contributed by atoms with E-state index in [1.807, 2.05) is 18.2 Å². The molecule has 1 aliphatic rings. The number of hydrogen-bond acceptors (Lipinski definition) is 2. The van der Waals surface area contributed by atoms with Gasteiger partial charge in [0.1, 0.15) is 0 Å². The normalized spacial score (nSPS) is 16.8. The van der Waals surface area contributed by atoms with Crippen LogP contribution in [0.2, 0.25) is 5.02 Å². The van der Waals surface area contributed by atoms with Crippen molar-refractivity contribution in [3.8, 4) is 0 Å². The zero-order valence-corrected chi connectivity index (χ0v) is 11.5. The third-order valence-electron chi connectivity index (χ3n) is 2.89. The molecule has 0 aliphatic carbocycles. The van der Waals surface area contributed by atoms with E-state index in [1.54, 1.807) is 0 Å². The van der Waals surface area contributed by atoms with Crippen LogP contribution in [0.3, 0.4) is 0 Å². The third-order valence-corrected chi connectivity index (χ3v) is 4.12. The van der Waals surface area contributed by atoms with Crippen LogP contribution in [0.15, 0.2) is 22.7 Å². The largest absolute Gasteiger partial charge is 0.481 e. The van der Waals surface area contributed by atoms with Crippen LogP contribution in [0.25, 0.3) is 0 Å². The second kappa shape index (κ2) is 5.38. The highest BCUT2D eigenvalue weighted by Crippen LogP contribution is 2.26. The minimum absolute atomic E-state index is 0.275. The van der Waals surface area contributed by atoms with Gasteiger partial charge in [-0.15, -0.1) is 0 Å². The minimum Gasteiger partial charge on any atom is -0.481 e. The predicted octanol–water partition coefficient (Wildman–Crippen LogP) is 3.01. The summed E-state index contributed by atoms with van der Waals surface area (Å²) in [5.74, 6) is -0.403. The average Bonchev–Trinajstić information content (AvgIpc) is 2.19. The summed E-state index contributed by atoms with van der Waals surface area (Å²) in [6.07, 6.45) is 0.275. The van der Waals surface area contributed by atoms with Crippen molar-refractivity contribution in [3.63, 3.8) is 0 Å². The molecule has 1 aromatic carbocycles. The smallest absolute Gasteiger partial charge is 0.303 e. The first-order chi connectivity index (χ1) is 8.04. The van der Waals surface area contributed by atoms with E-state index in [-0.39, 0.29) is 6.42 Å². The molecule has 0 bridgehead atoms. The second-order valence-corrected chi connectivity index (χ2v) is 5.67. The number of rotatable bonds is 4. The van der Waals surface area contributed by atoms with Crippen LogP contribution in [-0.4, -0.2) is 29.1 Å². The number of carboxylic acid groups (broad SMARTS) is 1. The van der Waals surface area contributed by atoms with Crippen LogP contribution in [-0.2, 0) is 11.3 Å². The van der Waals surface area contributed by atoms with Crippen molar-refractivity contribution in [2.75, 3.05) is 13.1 Å². The molecular formula is C12H13BrClNO2. The fourth-order valence-electron chi connectivity index (χ4n) is 2.08. The number of likely N-dealkylation sites (tertiary alicyclic amines) is 1. The van der Waals surface area contributed by atoms with Gasteiger partial charge in [0.05, 0.1) is 11.4 Å². The molecule has 1 aromatic rings. The Morgan fingerprint density at radius 2 is 2.24 bits per heavy atom. The van der Waals surface area contributed by atoms with Gasteiger partial charge in [0.15, 0.2) is 0 Å². The van der Waals surface area contributed by atoms with Crippen LogP contribution >= 0.6 is 27.5 Å². The highest BCUT2D eigenvalue weighted by Gasteiger charge is 2.28. The standard InChI is InChI=1S/C12H13BrClNO2/c13-10-2-1-8(3-11(10)14)5-15-6-9(7-15)4-12(16)17/h1-3,9H,4-7H2,(H,16,17). The highest BCUT2D eigenvalue weighted by atomic mass is 79.9. The molecule has 0 aromatic heterocycles. The van der Waals surface area contributed by atoms with Gasteiger partial charge in [-0.05, 0) is 39.5 Å². The zero-order chi connectivity index (χ0) is 12.4. The second-order valence-electron chi connectivity index (χ2n) is 4.41. The van der Waals surface area contributed by atoms with Crippen LogP contribution in [0.5, 0.6) is 0 Å². The maximum atomic E-state index is 10.5. The zero-order valence-electron chi connectivity index (χ0n) is 9.20. The quantitative estimate of drug-likeness (QED) is 0.928. The van der Waals surface area contributed by atoms with E-state index in [9.17, 15) is 4.79 Å². The molecule has 1 aliphatic heterocycles. The molecule has 17 heavy (non-hydrogen) atoms. The first-order valence-electron chi connectivity index (χ1n) is 5.42. The van der Waals surface area contributed by atoms with Gasteiger partial charge in [0, 0.05) is 24.1 Å². The molecule has 0 spiro atoms. The number of carbonyl (C=O) groups is 1. The lowest BCUT2D eigenvalue weighted by Crippen LogP contribution is -2.46. The molecule has 5 heteroatoms. The third kappa shape index (κ3) is 3.44. The van der Waals surface area contributed by atoms with E-state index in [1.165, 1.54) is 0 Å². The molecule has 1 N–H and O–H groups in total. The van der Waals surface area contributed by atoms with E-state index in [0.717, 1.165) is 29.7 Å². The summed E-state index contributed by atoms with van der Waals surface area (Å²) in [5.41, 5.74) is 1.16. The van der Waals surface area contributed by atoms with Gasteiger partial charge in [0.2, 0.25) is 0 Å². The molecular weight excluding hydrogens is 305 g/mol. The topological polar surface area (TPSA) is 40.5 Å². The molecule has 0 radical (unpaired) electrons. The van der Waals surface area contributed by atoms with Gasteiger partial charge < -0.3 is 5.11 Å². The monoisotopic (exact) mass is 317 g/mol. The number of nitrogens with zero attached hydrogens (tertiary/aromatic N) is 1. The molecule has 1 heterocycles. The summed E-state index contributed by atoms with van der Waals surface area (Å²) in [7, 11) is 0. The molecule has 0 saturated carbocycles. The van der Waals surface area contributed by atoms with Gasteiger partial charge in [0.25, 0.3) is 0 Å². The molecule has 92 valence electrons. The maximum absolute atomic E-state index is 10.5. The Labute approximate surface area is 114 Å². The van der Waals surface area contributed by atoms with E-state index in [0.29, 0.717) is 10.9 Å². The van der Waals surface area contributed by atoms with Gasteiger partial charge in [-0.1, -0.05) is 17.7 Å². The van der Waals surface area contributed by atoms with E-state index in [4.69, 9.17) is 16.7 Å². The predicted molar refractivity (Wildman–Crippen MR) is 70.2 cm³/mol. The molecule has 1 saturated heterocycles. The lowest BCUT2D eigenvalue weighted by Gasteiger charge is -2.38. The van der Waals surface area contributed by atoms with E-state index in [2.05, 4.69) is 20.8 Å². The first kappa shape index (κ1) is 12.9. The fourth-order valence-corrected chi connectivity index (χ4v) is 2.53. The molecule has 0 amide bonds. The van der Waals surface area contributed by atoms with Crippen LogP contribution in [0.1, 0.15) is 12.0 Å². The number of carboxylic acids is 1. The lowest BCUT2D eigenvalue weighted by molar-refractivity contribution is -0.139. The van der Waals surface area contributed by atoms with E-state index >= 15 is 0 Å². The summed E-state index contributed by atoms with van der Waals surface area (Å²) >= 11 is 9.37. The lowest BCUT2D eigenvalue weighted by atomic mass is 9.96. The Morgan fingerprint density at radius 1 is 1.53 bits per heavy atom. The molecule has 2 rings (SSSR count). The molecule has 1 fully saturated rings. The average molecular weight is 319 g/mol. The van der Waals surface area contributed by atoms with Crippen molar-refractivity contribution < 1.29 is 9.90 Å². The number of benzene rings is 1. The molecule has 3 nitrogen and oxygen atoms in total. The summed E-state index contributed by atoms with van der Waals surface area (Å²) in [6, 6.07) is 5.91. The summed E-state index contributed by atoms with van der Waals surface area (Å²) in [5, 5.41) is 9.36. The SMILES string of the molecule is O=C(O)CC1CN(Cc2ccc(Br)c(Cl)c2)C1. The minimum atomic E-state index is -0.707. The Bertz CT molecular complexity index is 433. The van der Waals surface area contributed by atoms with Gasteiger partial charge >= 0.3 is 5.97 Å². The number of aliphatic carboxylic acids is 1. The highest BCUT2D eigenvalue weighted by molar-refractivity contribution is 9.10. The van der Waals surface area contributed by atoms with Crippen molar-refractivity contribution in [3.05, 3.63) is 33.3 Å². The van der Waals surface area contributed by atoms with Crippen molar-refractivity contribution in [1.29, 1.82) is 0 Å². The first-order valence-corrected chi connectivity index (χ1v) is 6.60. The van der Waals surface area contributed by atoms with Gasteiger partial charge in [-0.2, -0.15) is 0 Å². The van der Waals surface area contributed by atoms with Crippen molar-refractivity contribution in [1.82, 2.24) is 4.90 Å². The summed E-state index contributed by atoms with van der Waals surface area (Å²) in [4.78, 5) is 12.7. The molecule has 0 unspecified atom stereocenters. The van der Waals surface area contributed by atoms with Gasteiger partial charge in [-0.25, -0.2) is 0 Å². The van der Waals surface area contributed by atoms with Gasteiger partial charge in [-0.3, -0.25) is 9.69 Å². The summed E-state index contributed by atoms with van der Waals surface area (Å²) < 4.78 is 0.898. The van der Waals surface area contributed by atoms with Crippen molar-refractivity contribution in [2.24, 2.45) is 5.92 Å². The number of halogens is 2. The van der Waals surface area contributed by atoms with Crippen LogP contribution < -0.4 is 0 Å². The fraction of sp³-hybridized carbons (Fsp3) is 0.417. The van der Waals surface area contributed by atoms with Crippen molar-refractivity contribution in [2.45, 2.75) is 13.0 Å². The Kier molecular flexibility index (Phi) is 4.07.